The van der Waals surface area contributed by atoms with Crippen LogP contribution in [0.15, 0.2) is 60.7 Å². The van der Waals surface area contributed by atoms with Crippen molar-refractivity contribution in [2.45, 2.75) is 200 Å². The minimum Gasteiger partial charge on any atom is -0.356 e. The summed E-state index contributed by atoms with van der Waals surface area (Å²) in [5.41, 5.74) is 19.7. The SMILES string of the molecule is CC(=O)NCCSC(=O)[C@H](CC(C)C)NC(=O)[C@H](CCCN)NC(=O)[C@@H](NC(=O)[C@@H]1CCCN1C(=O)[C@@H](Cc1ccccc1)NC(=O)[C@H](CC(C)C)NC(=O)[C@H](CCCN)NC(=O)[C@@H](NC(=O)[C@@H]1CCCN1C(=O)[C@H](N)Cc1ccccc1)C(C)C)C(C)C. The Morgan fingerprint density at radius 1 is 0.517 bits per heavy atom. The molecule has 24 nitrogen and oxygen atoms in total. The molecule has 0 saturated carbocycles. The lowest BCUT2D eigenvalue weighted by atomic mass is 9.99. The molecule has 10 atom stereocenters. The summed E-state index contributed by atoms with van der Waals surface area (Å²) in [5, 5.41) is 22.2. The van der Waals surface area contributed by atoms with Gasteiger partial charge in [-0.2, -0.15) is 0 Å². The zero-order valence-electron chi connectivity index (χ0n) is 53.6. The van der Waals surface area contributed by atoms with Crippen LogP contribution in [-0.4, -0.2) is 173 Å². The zero-order chi connectivity index (χ0) is 65.9. The fourth-order valence-electron chi connectivity index (χ4n) is 11.0. The second-order valence-corrected chi connectivity index (χ2v) is 26.0. The van der Waals surface area contributed by atoms with E-state index in [9.17, 15) is 52.7 Å². The fourth-order valence-corrected chi connectivity index (χ4v) is 11.7. The van der Waals surface area contributed by atoms with Gasteiger partial charge in [-0.25, -0.2) is 0 Å². The van der Waals surface area contributed by atoms with Crippen LogP contribution in [0.5, 0.6) is 0 Å². The summed E-state index contributed by atoms with van der Waals surface area (Å²) < 4.78 is 0. The van der Waals surface area contributed by atoms with Gasteiger partial charge in [0.25, 0.3) is 0 Å². The van der Waals surface area contributed by atoms with E-state index in [1.807, 2.05) is 58.0 Å². The number of benzene rings is 2. The number of carbonyl (C=O) groups excluding carboxylic acids is 11. The standard InChI is InChI=1S/C64H101N13O11S/c1-38(2)34-48(71-55(79)46(24-16-28-65)69-60(84)53(40(5)6)74-58(82)51-26-18-31-76(51)62(86)45(67)36-43-20-12-10-13-21-43)57(81)72-49(37-44-22-14-11-15-23-44)63(87)77-32-19-27-52(77)59(83)75-54(41(7)8)61(85)70-47(25-17-29-66)56(80)73-50(35-39(3)4)64(88)89-33-30-68-42(9)78/h10-15,20-23,38-41,45-54H,16-19,24-37,65-67H2,1-9H3,(H,68,78)(H,69,84)(H,70,85)(H,71,79)(H,72,81)(H,73,80)(H,74,82)(H,75,83)/t45-,46+,47+,48+,49-,50+,51+,52+,53+,54+/m1/s1. The molecule has 2 aliphatic rings. The first kappa shape index (κ1) is 74.5. The predicted molar refractivity (Wildman–Crippen MR) is 343 cm³/mol. The Morgan fingerprint density at radius 3 is 1.36 bits per heavy atom. The van der Waals surface area contributed by atoms with Gasteiger partial charge in [0.2, 0.25) is 64.2 Å². The normalized spacial score (nSPS) is 17.6. The second-order valence-electron chi connectivity index (χ2n) is 24.9. The molecule has 2 saturated heterocycles. The summed E-state index contributed by atoms with van der Waals surface area (Å²) >= 11 is 0.984. The van der Waals surface area contributed by atoms with Gasteiger partial charge in [0, 0.05) is 38.7 Å². The summed E-state index contributed by atoms with van der Waals surface area (Å²) in [5.74, 6) is -6.46. The van der Waals surface area contributed by atoms with Gasteiger partial charge in [0.05, 0.1) is 12.1 Å². The van der Waals surface area contributed by atoms with Gasteiger partial charge in [-0.15, -0.1) is 0 Å². The number of nitrogens with two attached hydrogens (primary N) is 3. The molecule has 0 bridgehead atoms. The number of hydrogen-bond donors (Lipinski definition) is 11. The second kappa shape index (κ2) is 37.9. The molecule has 89 heavy (non-hydrogen) atoms. The van der Waals surface area contributed by atoms with Gasteiger partial charge in [0.15, 0.2) is 0 Å². The van der Waals surface area contributed by atoms with Crippen molar-refractivity contribution in [3.63, 3.8) is 0 Å². The zero-order valence-corrected chi connectivity index (χ0v) is 54.4. The van der Waals surface area contributed by atoms with E-state index in [1.165, 1.54) is 16.7 Å². The lowest BCUT2D eigenvalue weighted by Crippen LogP contribution is -2.61. The highest BCUT2D eigenvalue weighted by Crippen LogP contribution is 2.23. The third kappa shape index (κ3) is 24.4. The molecular weight excluding hydrogens is 1160 g/mol. The highest BCUT2D eigenvalue weighted by Gasteiger charge is 2.42. The number of carbonyl (C=O) groups is 11. The van der Waals surface area contributed by atoms with Crippen LogP contribution in [0.1, 0.15) is 138 Å². The Hall–Kier alpha value is -6.96. The molecular formula is C64H101N13O11S. The average Bonchev–Trinajstić information content (AvgIpc) is 2.53. The Balaban J connectivity index is 1.51. The van der Waals surface area contributed by atoms with Crippen molar-refractivity contribution in [3.8, 4) is 0 Å². The maximum atomic E-state index is 15.0. The molecule has 494 valence electrons. The quantitative estimate of drug-likeness (QED) is 0.0430. The highest BCUT2D eigenvalue weighted by atomic mass is 32.2. The van der Waals surface area contributed by atoms with E-state index in [1.54, 1.807) is 58.0 Å². The molecule has 14 N–H and O–H groups in total. The van der Waals surface area contributed by atoms with Crippen LogP contribution in [0.25, 0.3) is 0 Å². The molecule has 0 aliphatic carbocycles. The number of hydrogen-bond acceptors (Lipinski definition) is 15. The number of thioether (sulfide) groups is 1. The van der Waals surface area contributed by atoms with Gasteiger partial charge in [-0.1, -0.05) is 128 Å². The Morgan fingerprint density at radius 2 is 0.921 bits per heavy atom. The lowest BCUT2D eigenvalue weighted by Gasteiger charge is -2.32. The molecule has 10 amide bonds. The van der Waals surface area contributed by atoms with Crippen LogP contribution >= 0.6 is 11.8 Å². The van der Waals surface area contributed by atoms with Crippen molar-refractivity contribution in [3.05, 3.63) is 71.8 Å². The van der Waals surface area contributed by atoms with E-state index in [2.05, 4.69) is 42.5 Å². The van der Waals surface area contributed by atoms with E-state index in [0.717, 1.165) is 17.3 Å². The van der Waals surface area contributed by atoms with Crippen molar-refractivity contribution in [1.29, 1.82) is 0 Å². The topological polar surface area (TPSA) is 369 Å². The summed E-state index contributed by atoms with van der Waals surface area (Å²) in [7, 11) is 0. The first-order valence-corrected chi connectivity index (χ1v) is 32.6. The summed E-state index contributed by atoms with van der Waals surface area (Å²) in [6.07, 6.45) is 3.18. The molecule has 2 fully saturated rings. The molecule has 25 heteroatoms. The minimum absolute atomic E-state index is 0.00597. The lowest BCUT2D eigenvalue weighted by molar-refractivity contribution is -0.143. The van der Waals surface area contributed by atoms with E-state index >= 15 is 0 Å². The van der Waals surface area contributed by atoms with Crippen molar-refractivity contribution >= 4 is 75.9 Å². The van der Waals surface area contributed by atoms with Crippen molar-refractivity contribution in [1.82, 2.24) is 52.3 Å². The van der Waals surface area contributed by atoms with Crippen molar-refractivity contribution in [2.24, 2.45) is 40.9 Å². The van der Waals surface area contributed by atoms with Crippen molar-refractivity contribution in [2.75, 3.05) is 38.5 Å². The van der Waals surface area contributed by atoms with E-state index < -0.39 is 120 Å². The smallest absolute Gasteiger partial charge is 0.246 e. The Bertz CT molecular complexity index is 2670. The molecule has 4 rings (SSSR count). The summed E-state index contributed by atoms with van der Waals surface area (Å²) in [6.45, 7) is 17.0. The minimum atomic E-state index is -1.24. The Kier molecular flexibility index (Phi) is 31.7. The van der Waals surface area contributed by atoms with Gasteiger partial charge >= 0.3 is 0 Å². The molecule has 0 aromatic heterocycles. The average molecular weight is 1260 g/mol. The Labute approximate surface area is 529 Å². The summed E-state index contributed by atoms with van der Waals surface area (Å²) in [4.78, 5) is 156. The van der Waals surface area contributed by atoms with Crippen LogP contribution in [0.3, 0.4) is 0 Å². The highest BCUT2D eigenvalue weighted by molar-refractivity contribution is 8.13. The van der Waals surface area contributed by atoms with Gasteiger partial charge in [0.1, 0.15) is 48.3 Å². The third-order valence-electron chi connectivity index (χ3n) is 15.7. The maximum absolute atomic E-state index is 15.0. The molecule has 0 unspecified atom stereocenters. The van der Waals surface area contributed by atoms with Crippen LogP contribution in [0.2, 0.25) is 0 Å². The van der Waals surface area contributed by atoms with Gasteiger partial charge in [-0.3, -0.25) is 52.7 Å². The summed E-state index contributed by atoms with van der Waals surface area (Å²) in [6, 6.07) is 7.50. The van der Waals surface area contributed by atoms with E-state index in [0.29, 0.717) is 56.4 Å². The third-order valence-corrected chi connectivity index (χ3v) is 16.7. The number of nitrogens with one attached hydrogen (secondary N) is 8. The molecule has 0 spiro atoms. The van der Waals surface area contributed by atoms with Crippen LogP contribution in [-0.2, 0) is 65.6 Å². The number of nitrogens with zero attached hydrogens (tertiary/aromatic N) is 2. The van der Waals surface area contributed by atoms with Gasteiger partial charge < -0.3 is 69.5 Å². The fraction of sp³-hybridized carbons (Fsp3) is 0.641. The van der Waals surface area contributed by atoms with E-state index in [-0.39, 0.29) is 93.5 Å². The van der Waals surface area contributed by atoms with Crippen LogP contribution in [0, 0.1) is 23.7 Å². The molecule has 2 aromatic rings. The predicted octanol–water partition coefficient (Wildman–Crippen LogP) is 1.45. The van der Waals surface area contributed by atoms with Crippen LogP contribution < -0.4 is 59.7 Å². The van der Waals surface area contributed by atoms with Crippen molar-refractivity contribution < 1.29 is 52.7 Å². The molecule has 2 aromatic carbocycles. The van der Waals surface area contributed by atoms with Crippen LogP contribution in [0.4, 0.5) is 0 Å². The largest absolute Gasteiger partial charge is 0.356 e. The first-order chi connectivity index (χ1) is 42.3. The number of likely N-dealkylation sites (tertiary alicyclic amines) is 2. The van der Waals surface area contributed by atoms with Gasteiger partial charge in [-0.05, 0) is 119 Å². The van der Waals surface area contributed by atoms with E-state index in [4.69, 9.17) is 17.2 Å². The maximum Gasteiger partial charge on any atom is 0.246 e. The number of rotatable bonds is 36. The first-order valence-electron chi connectivity index (χ1n) is 31.6. The monoisotopic (exact) mass is 1260 g/mol. The molecule has 2 heterocycles. The molecule has 2 aliphatic heterocycles. The number of amides is 10. The molecule has 0 radical (unpaired) electrons.